The Balaban J connectivity index is 1.70. The normalized spacial score (nSPS) is 14.7. The molecule has 0 atom stereocenters. The summed E-state index contributed by atoms with van der Waals surface area (Å²) in [6.45, 7) is 2.02. The summed E-state index contributed by atoms with van der Waals surface area (Å²) in [6, 6.07) is 21.0. The van der Waals surface area contributed by atoms with Gasteiger partial charge in [0.2, 0.25) is 0 Å². The lowest BCUT2D eigenvalue weighted by molar-refractivity contribution is 0.462. The van der Waals surface area contributed by atoms with Crippen LogP contribution < -0.4 is 25.4 Å². The number of benzene rings is 3. The number of para-hydroxylation sites is 2. The first-order valence-electron chi connectivity index (χ1n) is 9.41. The van der Waals surface area contributed by atoms with E-state index in [1.54, 1.807) is 6.20 Å². The second kappa shape index (κ2) is 5.82. The molecule has 0 saturated heterocycles. The molecule has 0 saturated carbocycles. The molecule has 4 nitrogen and oxygen atoms in total. The molecular formula is C24H16NO3P. The van der Waals surface area contributed by atoms with Gasteiger partial charge in [-0.2, -0.15) is 0 Å². The monoisotopic (exact) mass is 397 g/mol. The fourth-order valence-electron chi connectivity index (χ4n) is 4.22. The largest absolute Gasteiger partial charge is 0.456 e. The molecule has 0 unspecified atom stereocenters. The van der Waals surface area contributed by atoms with E-state index in [2.05, 4.69) is 4.98 Å². The molecule has 6 rings (SSSR count). The summed E-state index contributed by atoms with van der Waals surface area (Å²) in [7, 11) is -3.10. The highest BCUT2D eigenvalue weighted by Gasteiger charge is 2.46. The van der Waals surface area contributed by atoms with E-state index in [0.29, 0.717) is 28.3 Å². The molecule has 29 heavy (non-hydrogen) atoms. The maximum absolute atomic E-state index is 14.7. The van der Waals surface area contributed by atoms with Gasteiger partial charge in [0, 0.05) is 12.4 Å². The van der Waals surface area contributed by atoms with Crippen molar-refractivity contribution in [3.05, 3.63) is 84.7 Å². The molecule has 0 amide bonds. The number of rotatable bonds is 1. The standard InChI is InChI=1S/C24H16NO3P/c1-15-14-25-11-10-17(15)16-12-20-24-21(13-16)28-19-7-3-5-9-23(19)29(24,26)22-8-4-2-6-18(22)27-20/h2-14H,1H3. The van der Waals surface area contributed by atoms with Crippen molar-refractivity contribution >= 4 is 23.1 Å². The van der Waals surface area contributed by atoms with Crippen LogP contribution in [0.15, 0.2) is 79.1 Å². The molecule has 3 heterocycles. The second-order valence-corrected chi connectivity index (χ2v) is 9.89. The van der Waals surface area contributed by atoms with E-state index in [1.807, 2.05) is 79.9 Å². The van der Waals surface area contributed by atoms with Crippen molar-refractivity contribution < 1.29 is 14.0 Å². The van der Waals surface area contributed by atoms with Crippen LogP contribution in [0.4, 0.5) is 0 Å². The molecule has 140 valence electrons. The number of pyridine rings is 1. The van der Waals surface area contributed by atoms with Crippen LogP contribution in [0.25, 0.3) is 11.1 Å². The van der Waals surface area contributed by atoms with Gasteiger partial charge in [-0.05, 0) is 66.1 Å². The van der Waals surface area contributed by atoms with E-state index >= 15 is 0 Å². The van der Waals surface area contributed by atoms with Gasteiger partial charge >= 0.3 is 0 Å². The van der Waals surface area contributed by atoms with E-state index in [1.165, 1.54) is 0 Å². The molecule has 0 bridgehead atoms. The van der Waals surface area contributed by atoms with Gasteiger partial charge in [0.25, 0.3) is 0 Å². The third kappa shape index (κ3) is 2.21. The summed E-state index contributed by atoms with van der Waals surface area (Å²) < 4.78 is 27.2. The molecule has 0 N–H and O–H groups in total. The topological polar surface area (TPSA) is 48.4 Å². The summed E-state index contributed by atoms with van der Waals surface area (Å²) >= 11 is 0. The van der Waals surface area contributed by atoms with Crippen LogP contribution in [0.3, 0.4) is 0 Å². The number of aromatic nitrogens is 1. The summed E-state index contributed by atoms with van der Waals surface area (Å²) in [5.74, 6) is 2.44. The van der Waals surface area contributed by atoms with E-state index in [9.17, 15) is 4.57 Å². The lowest BCUT2D eigenvalue weighted by atomic mass is 10.0. The van der Waals surface area contributed by atoms with Gasteiger partial charge in [0.1, 0.15) is 28.3 Å². The quantitative estimate of drug-likeness (QED) is 0.370. The Hall–Kier alpha value is -3.36. The van der Waals surface area contributed by atoms with Crippen LogP contribution in [-0.2, 0) is 4.57 Å². The molecule has 4 aromatic rings. The van der Waals surface area contributed by atoms with Crippen LogP contribution in [0.2, 0.25) is 0 Å². The zero-order valence-corrected chi connectivity index (χ0v) is 16.5. The molecule has 2 aliphatic heterocycles. The predicted molar refractivity (Wildman–Crippen MR) is 114 cm³/mol. The van der Waals surface area contributed by atoms with Gasteiger partial charge < -0.3 is 14.0 Å². The molecule has 1 aromatic heterocycles. The summed E-state index contributed by atoms with van der Waals surface area (Å²) in [4.78, 5) is 4.19. The van der Waals surface area contributed by atoms with Crippen molar-refractivity contribution in [2.75, 3.05) is 0 Å². The van der Waals surface area contributed by atoms with Crippen molar-refractivity contribution in [3.8, 4) is 34.1 Å². The van der Waals surface area contributed by atoms with Crippen molar-refractivity contribution in [1.82, 2.24) is 4.98 Å². The third-order valence-electron chi connectivity index (χ3n) is 5.54. The molecule has 0 radical (unpaired) electrons. The van der Waals surface area contributed by atoms with E-state index in [-0.39, 0.29) is 0 Å². The minimum atomic E-state index is -3.10. The Morgan fingerprint density at radius 2 is 1.38 bits per heavy atom. The van der Waals surface area contributed by atoms with Crippen LogP contribution in [0, 0.1) is 6.92 Å². The number of ether oxygens (including phenoxy) is 2. The Bertz CT molecular complexity index is 1290. The summed E-state index contributed by atoms with van der Waals surface area (Å²) in [6.07, 6.45) is 3.60. The predicted octanol–water partition coefficient (Wildman–Crippen LogP) is 4.91. The van der Waals surface area contributed by atoms with E-state index in [4.69, 9.17) is 9.47 Å². The number of fused-ring (bicyclic) bond motifs is 4. The average Bonchev–Trinajstić information content (AvgIpc) is 2.74. The first kappa shape index (κ1) is 16.6. The third-order valence-corrected chi connectivity index (χ3v) is 8.70. The lowest BCUT2D eigenvalue weighted by Crippen LogP contribution is -2.35. The maximum atomic E-state index is 14.7. The molecule has 0 aliphatic carbocycles. The van der Waals surface area contributed by atoms with Crippen molar-refractivity contribution in [2.24, 2.45) is 0 Å². The first-order chi connectivity index (χ1) is 14.2. The van der Waals surface area contributed by atoms with Crippen molar-refractivity contribution in [3.63, 3.8) is 0 Å². The highest BCUT2D eigenvalue weighted by atomic mass is 31.2. The maximum Gasteiger partial charge on any atom is 0.185 e. The summed E-state index contributed by atoms with van der Waals surface area (Å²) in [5.41, 5.74) is 3.04. The molecular weight excluding hydrogens is 381 g/mol. The Morgan fingerprint density at radius 1 is 0.793 bits per heavy atom. The summed E-state index contributed by atoms with van der Waals surface area (Å²) in [5, 5.41) is 2.08. The highest BCUT2D eigenvalue weighted by Crippen LogP contribution is 2.58. The second-order valence-electron chi connectivity index (χ2n) is 7.26. The Kier molecular flexibility index (Phi) is 3.33. The van der Waals surface area contributed by atoms with Crippen molar-refractivity contribution in [2.45, 2.75) is 6.92 Å². The van der Waals surface area contributed by atoms with Gasteiger partial charge in [0.05, 0.1) is 10.6 Å². The van der Waals surface area contributed by atoms with Gasteiger partial charge in [-0.15, -0.1) is 0 Å². The Morgan fingerprint density at radius 3 is 1.97 bits per heavy atom. The fraction of sp³-hybridized carbons (Fsp3) is 0.0417. The van der Waals surface area contributed by atoms with Gasteiger partial charge in [-0.3, -0.25) is 4.98 Å². The fourth-order valence-corrected chi connectivity index (χ4v) is 7.25. The Labute approximate surface area is 168 Å². The van der Waals surface area contributed by atoms with E-state index in [0.717, 1.165) is 27.3 Å². The number of hydrogen-bond acceptors (Lipinski definition) is 4. The number of nitrogens with zero attached hydrogens (tertiary/aromatic N) is 1. The molecule has 3 aromatic carbocycles. The molecule has 5 heteroatoms. The van der Waals surface area contributed by atoms with Gasteiger partial charge in [-0.25, -0.2) is 0 Å². The number of aryl methyl sites for hydroxylation is 1. The number of hydrogen-bond donors (Lipinski definition) is 0. The SMILES string of the molecule is Cc1cnccc1-c1cc2c3c(c1)Oc1ccccc1P3(=O)c1ccccc1O2. The smallest absolute Gasteiger partial charge is 0.185 e. The molecule has 0 fully saturated rings. The first-order valence-corrected chi connectivity index (χ1v) is 11.1. The van der Waals surface area contributed by atoms with Crippen LogP contribution >= 0.6 is 7.14 Å². The minimum absolute atomic E-state index is 0.588. The average molecular weight is 397 g/mol. The van der Waals surface area contributed by atoms with E-state index < -0.39 is 7.14 Å². The van der Waals surface area contributed by atoms with Gasteiger partial charge in [0.15, 0.2) is 7.14 Å². The zero-order chi connectivity index (χ0) is 19.6. The van der Waals surface area contributed by atoms with Crippen LogP contribution in [0.5, 0.6) is 23.0 Å². The molecule has 2 aliphatic rings. The molecule has 0 spiro atoms. The van der Waals surface area contributed by atoms with Crippen LogP contribution in [0.1, 0.15) is 5.56 Å². The zero-order valence-electron chi connectivity index (χ0n) is 15.6. The lowest BCUT2D eigenvalue weighted by Gasteiger charge is -2.34. The van der Waals surface area contributed by atoms with Crippen LogP contribution in [-0.4, -0.2) is 4.98 Å². The van der Waals surface area contributed by atoms with Gasteiger partial charge in [-0.1, -0.05) is 24.3 Å². The van der Waals surface area contributed by atoms with Crippen molar-refractivity contribution in [1.29, 1.82) is 0 Å². The minimum Gasteiger partial charge on any atom is -0.456 e. The highest BCUT2D eigenvalue weighted by molar-refractivity contribution is 7.86.